The lowest BCUT2D eigenvalue weighted by atomic mass is 10.2. The number of esters is 1. The van der Waals surface area contributed by atoms with Gasteiger partial charge in [-0.25, -0.2) is 17.6 Å². The average molecular weight is 434 g/mol. The van der Waals surface area contributed by atoms with Gasteiger partial charge >= 0.3 is 5.97 Å². The SMILES string of the molecule is CC(OC(=O)c1ccc(S(=O)(=O)N2CCCC2)cc1)C(=O)NCc1ccc(F)cc1. The van der Waals surface area contributed by atoms with E-state index in [0.29, 0.717) is 18.7 Å². The molecule has 1 unspecified atom stereocenters. The minimum atomic E-state index is -3.56. The summed E-state index contributed by atoms with van der Waals surface area (Å²) in [7, 11) is -3.56. The van der Waals surface area contributed by atoms with E-state index in [1.807, 2.05) is 0 Å². The number of amides is 1. The van der Waals surface area contributed by atoms with E-state index in [2.05, 4.69) is 5.32 Å². The molecule has 7 nitrogen and oxygen atoms in total. The first-order valence-corrected chi connectivity index (χ1v) is 11.0. The van der Waals surface area contributed by atoms with Gasteiger partial charge in [0, 0.05) is 19.6 Å². The number of nitrogens with zero attached hydrogens (tertiary/aromatic N) is 1. The van der Waals surface area contributed by atoms with Gasteiger partial charge in [-0.15, -0.1) is 0 Å². The highest BCUT2D eigenvalue weighted by atomic mass is 32.2. The van der Waals surface area contributed by atoms with E-state index in [4.69, 9.17) is 4.74 Å². The molecular weight excluding hydrogens is 411 g/mol. The molecule has 1 amide bonds. The normalized spacial score (nSPS) is 15.5. The van der Waals surface area contributed by atoms with Gasteiger partial charge in [-0.3, -0.25) is 4.79 Å². The van der Waals surface area contributed by atoms with E-state index < -0.39 is 28.0 Å². The minimum Gasteiger partial charge on any atom is -0.449 e. The van der Waals surface area contributed by atoms with E-state index in [-0.39, 0.29) is 22.8 Å². The molecule has 9 heteroatoms. The fraction of sp³-hybridized carbons (Fsp3) is 0.333. The number of rotatable bonds is 7. The first-order chi connectivity index (χ1) is 14.3. The second-order valence-electron chi connectivity index (χ2n) is 7.03. The third kappa shape index (κ3) is 5.22. The third-order valence-electron chi connectivity index (χ3n) is 4.83. The molecule has 0 saturated carbocycles. The van der Waals surface area contributed by atoms with Crippen molar-refractivity contribution >= 4 is 21.9 Å². The molecule has 2 aromatic rings. The van der Waals surface area contributed by atoms with E-state index in [1.54, 1.807) is 12.1 Å². The van der Waals surface area contributed by atoms with E-state index in [9.17, 15) is 22.4 Å². The van der Waals surface area contributed by atoms with Crippen molar-refractivity contribution in [1.29, 1.82) is 0 Å². The maximum absolute atomic E-state index is 12.9. The summed E-state index contributed by atoms with van der Waals surface area (Å²) in [5, 5.41) is 2.61. The highest BCUT2D eigenvalue weighted by molar-refractivity contribution is 7.89. The molecule has 0 spiro atoms. The van der Waals surface area contributed by atoms with Crippen molar-refractivity contribution in [3.05, 3.63) is 65.5 Å². The van der Waals surface area contributed by atoms with Gasteiger partial charge < -0.3 is 10.1 Å². The predicted molar refractivity (Wildman–Crippen MR) is 108 cm³/mol. The molecule has 0 bridgehead atoms. The van der Waals surface area contributed by atoms with Crippen LogP contribution in [-0.2, 0) is 26.1 Å². The summed E-state index contributed by atoms with van der Waals surface area (Å²) < 4.78 is 44.5. The lowest BCUT2D eigenvalue weighted by Gasteiger charge is -2.16. The molecule has 0 radical (unpaired) electrons. The van der Waals surface area contributed by atoms with Crippen LogP contribution in [0.15, 0.2) is 53.4 Å². The average Bonchev–Trinajstić information content (AvgIpc) is 3.29. The molecule has 1 aliphatic rings. The number of carbonyl (C=O) groups is 2. The summed E-state index contributed by atoms with van der Waals surface area (Å²) in [6, 6.07) is 11.1. The van der Waals surface area contributed by atoms with Gasteiger partial charge in [-0.2, -0.15) is 4.31 Å². The van der Waals surface area contributed by atoms with Crippen LogP contribution in [0, 0.1) is 5.82 Å². The monoisotopic (exact) mass is 434 g/mol. The molecule has 1 N–H and O–H groups in total. The van der Waals surface area contributed by atoms with Crippen molar-refractivity contribution in [1.82, 2.24) is 9.62 Å². The van der Waals surface area contributed by atoms with Gasteiger partial charge in [0.25, 0.3) is 5.91 Å². The number of halogens is 1. The number of nitrogens with one attached hydrogen (secondary N) is 1. The number of hydrogen-bond acceptors (Lipinski definition) is 5. The van der Waals surface area contributed by atoms with E-state index >= 15 is 0 Å². The van der Waals surface area contributed by atoms with Crippen LogP contribution in [0.1, 0.15) is 35.7 Å². The van der Waals surface area contributed by atoms with Crippen LogP contribution in [-0.4, -0.2) is 43.8 Å². The van der Waals surface area contributed by atoms with Crippen LogP contribution in [0.2, 0.25) is 0 Å². The molecule has 2 aromatic carbocycles. The Morgan fingerprint density at radius 2 is 1.67 bits per heavy atom. The zero-order chi connectivity index (χ0) is 21.7. The quantitative estimate of drug-likeness (QED) is 0.676. The second kappa shape index (κ2) is 9.36. The molecular formula is C21H23FN2O5S. The fourth-order valence-electron chi connectivity index (χ4n) is 3.06. The van der Waals surface area contributed by atoms with Gasteiger partial charge in [0.1, 0.15) is 5.82 Å². The molecule has 1 aliphatic heterocycles. The first-order valence-electron chi connectivity index (χ1n) is 9.61. The smallest absolute Gasteiger partial charge is 0.338 e. The number of carbonyl (C=O) groups excluding carboxylic acids is 2. The Kier molecular flexibility index (Phi) is 6.84. The summed E-state index contributed by atoms with van der Waals surface area (Å²) >= 11 is 0. The molecule has 0 aliphatic carbocycles. The van der Waals surface area contributed by atoms with Crippen LogP contribution in [0.3, 0.4) is 0 Å². The van der Waals surface area contributed by atoms with Crippen molar-refractivity contribution in [2.45, 2.75) is 37.3 Å². The van der Waals surface area contributed by atoms with E-state index in [0.717, 1.165) is 12.8 Å². The van der Waals surface area contributed by atoms with Gasteiger partial charge in [0.15, 0.2) is 6.10 Å². The predicted octanol–water partition coefficient (Wildman–Crippen LogP) is 2.47. The highest BCUT2D eigenvalue weighted by Crippen LogP contribution is 2.21. The largest absolute Gasteiger partial charge is 0.449 e. The zero-order valence-corrected chi connectivity index (χ0v) is 17.3. The number of ether oxygens (including phenoxy) is 1. The van der Waals surface area contributed by atoms with E-state index in [1.165, 1.54) is 47.6 Å². The fourth-order valence-corrected chi connectivity index (χ4v) is 4.57. The molecule has 1 fully saturated rings. The molecule has 3 rings (SSSR count). The van der Waals surface area contributed by atoms with Crippen molar-refractivity contribution in [3.63, 3.8) is 0 Å². The Bertz CT molecular complexity index is 1000. The van der Waals surface area contributed by atoms with Crippen LogP contribution < -0.4 is 5.32 Å². The Labute approximate surface area is 174 Å². The van der Waals surface area contributed by atoms with Crippen LogP contribution in [0.4, 0.5) is 4.39 Å². The topological polar surface area (TPSA) is 92.8 Å². The van der Waals surface area contributed by atoms with Gasteiger partial charge in [-0.1, -0.05) is 12.1 Å². The van der Waals surface area contributed by atoms with Crippen LogP contribution in [0.5, 0.6) is 0 Å². The number of hydrogen-bond donors (Lipinski definition) is 1. The summed E-state index contributed by atoms with van der Waals surface area (Å²) in [5.74, 6) is -1.60. The lowest BCUT2D eigenvalue weighted by Crippen LogP contribution is -2.35. The minimum absolute atomic E-state index is 0.117. The first kappa shape index (κ1) is 21.9. The Balaban J connectivity index is 1.55. The summed E-state index contributed by atoms with van der Waals surface area (Å²) in [6.07, 6.45) is 0.626. The van der Waals surface area contributed by atoms with Crippen LogP contribution >= 0.6 is 0 Å². The summed E-state index contributed by atoms with van der Waals surface area (Å²) in [4.78, 5) is 24.5. The van der Waals surface area contributed by atoms with Crippen molar-refractivity contribution in [2.75, 3.05) is 13.1 Å². The Morgan fingerprint density at radius 1 is 1.07 bits per heavy atom. The molecule has 160 valence electrons. The molecule has 1 saturated heterocycles. The van der Waals surface area contributed by atoms with Gasteiger partial charge in [0.05, 0.1) is 10.5 Å². The Hall–Kier alpha value is -2.78. The summed E-state index contributed by atoms with van der Waals surface area (Å²) in [5.41, 5.74) is 0.853. The lowest BCUT2D eigenvalue weighted by molar-refractivity contribution is -0.129. The summed E-state index contributed by atoms with van der Waals surface area (Å²) in [6.45, 7) is 2.60. The second-order valence-corrected chi connectivity index (χ2v) is 8.97. The Morgan fingerprint density at radius 3 is 2.27 bits per heavy atom. The zero-order valence-electron chi connectivity index (χ0n) is 16.5. The van der Waals surface area contributed by atoms with Crippen LogP contribution in [0.25, 0.3) is 0 Å². The molecule has 0 aromatic heterocycles. The molecule has 30 heavy (non-hydrogen) atoms. The van der Waals surface area contributed by atoms with Crippen molar-refractivity contribution in [3.8, 4) is 0 Å². The maximum Gasteiger partial charge on any atom is 0.338 e. The van der Waals surface area contributed by atoms with Gasteiger partial charge in [-0.05, 0) is 61.7 Å². The third-order valence-corrected chi connectivity index (χ3v) is 6.74. The molecule has 1 atom stereocenters. The number of sulfonamides is 1. The number of benzene rings is 2. The maximum atomic E-state index is 12.9. The van der Waals surface area contributed by atoms with Gasteiger partial charge in [0.2, 0.25) is 10.0 Å². The van der Waals surface area contributed by atoms with Crippen molar-refractivity contribution in [2.24, 2.45) is 0 Å². The molecule has 1 heterocycles. The standard InChI is InChI=1S/C21H23FN2O5S/c1-15(20(25)23-14-16-4-8-18(22)9-5-16)29-21(26)17-6-10-19(11-7-17)30(27,28)24-12-2-3-13-24/h4-11,15H,2-3,12-14H2,1H3,(H,23,25). The highest BCUT2D eigenvalue weighted by Gasteiger charge is 2.27. The van der Waals surface area contributed by atoms with Crippen molar-refractivity contribution < 1.29 is 27.1 Å².